The molecule has 11 heteroatoms. The Morgan fingerprint density at radius 2 is 1.73 bits per heavy atom. The van der Waals surface area contributed by atoms with E-state index in [0.717, 1.165) is 12.4 Å². The maximum Gasteiger partial charge on any atom is 0.303 e. The zero-order chi connectivity index (χ0) is 22.4. The fourth-order valence-electron chi connectivity index (χ4n) is 3.10. The molecule has 0 bridgehead atoms. The molecule has 3 atom stereocenters. The third kappa shape index (κ3) is 6.01. The van der Waals surface area contributed by atoms with Gasteiger partial charge in [0, 0.05) is 50.9 Å². The molecular weight excluding hydrogens is 400 g/mol. The number of fused-ring (bicyclic) bond motifs is 1. The highest BCUT2D eigenvalue weighted by Gasteiger charge is 2.36. The number of benzene rings is 1. The van der Waals surface area contributed by atoms with Crippen LogP contribution in [0.25, 0.3) is 10.9 Å². The summed E-state index contributed by atoms with van der Waals surface area (Å²) in [6.45, 7) is 3.73. The molecule has 2 heterocycles. The quantitative estimate of drug-likeness (QED) is 0.445. The molecular formula is C19H22N2O9. The SMILES string of the molecule is CC(=O)O.CC(=O)OC1COC(n2ccc3cc([N+](=O)[O-])ccc32)CC1OC(C)=O. The number of carboxylic acid groups (broad SMARTS) is 1. The highest BCUT2D eigenvalue weighted by Crippen LogP contribution is 2.31. The van der Waals surface area contributed by atoms with Crippen molar-refractivity contribution in [2.24, 2.45) is 0 Å². The van der Waals surface area contributed by atoms with Gasteiger partial charge in [-0.1, -0.05) is 0 Å². The smallest absolute Gasteiger partial charge is 0.303 e. The molecule has 1 saturated heterocycles. The maximum absolute atomic E-state index is 11.4. The second kappa shape index (κ2) is 9.83. The average molecular weight is 422 g/mol. The van der Waals surface area contributed by atoms with Crippen molar-refractivity contribution in [3.63, 3.8) is 0 Å². The van der Waals surface area contributed by atoms with Gasteiger partial charge in [0.05, 0.1) is 17.0 Å². The number of nitro benzene ring substituents is 1. The normalized spacial score (nSPS) is 20.6. The van der Waals surface area contributed by atoms with Gasteiger partial charge in [-0.25, -0.2) is 0 Å². The Morgan fingerprint density at radius 3 is 2.30 bits per heavy atom. The van der Waals surface area contributed by atoms with Crippen molar-refractivity contribution in [1.29, 1.82) is 0 Å². The van der Waals surface area contributed by atoms with E-state index in [1.165, 1.54) is 26.0 Å². The summed E-state index contributed by atoms with van der Waals surface area (Å²) in [4.78, 5) is 42.1. The van der Waals surface area contributed by atoms with Crippen molar-refractivity contribution >= 4 is 34.5 Å². The number of esters is 2. The highest BCUT2D eigenvalue weighted by molar-refractivity contribution is 5.82. The standard InChI is InChI=1S/C17H18N2O7.C2H4O2/c1-10(20)25-15-8-17(24-9-16(15)26-11(2)21)18-6-5-12-7-13(19(22)23)3-4-14(12)18;1-2(3)4/h3-7,15-17H,8-9H2,1-2H3;1H3,(H,3,4). The number of hydrogen-bond donors (Lipinski definition) is 1. The fraction of sp³-hybridized carbons (Fsp3) is 0.421. The molecule has 3 rings (SSSR count). The second-order valence-electron chi connectivity index (χ2n) is 6.56. The number of rotatable bonds is 4. The minimum atomic E-state index is -0.833. The predicted octanol–water partition coefficient (Wildman–Crippen LogP) is 2.42. The summed E-state index contributed by atoms with van der Waals surface area (Å²) in [7, 11) is 0. The summed E-state index contributed by atoms with van der Waals surface area (Å²) in [5.41, 5.74) is 0.764. The first-order chi connectivity index (χ1) is 14.1. The topological polar surface area (TPSA) is 147 Å². The number of ether oxygens (including phenoxy) is 3. The number of aliphatic carboxylic acids is 1. The van der Waals surface area contributed by atoms with Crippen molar-refractivity contribution in [2.75, 3.05) is 6.61 Å². The van der Waals surface area contributed by atoms with Gasteiger partial charge in [-0.3, -0.25) is 24.5 Å². The van der Waals surface area contributed by atoms with Gasteiger partial charge < -0.3 is 23.9 Å². The van der Waals surface area contributed by atoms with E-state index in [-0.39, 0.29) is 18.7 Å². The van der Waals surface area contributed by atoms with Gasteiger partial charge >= 0.3 is 11.9 Å². The van der Waals surface area contributed by atoms with Crippen LogP contribution in [0.2, 0.25) is 0 Å². The van der Waals surface area contributed by atoms with E-state index in [1.54, 1.807) is 18.3 Å². The monoisotopic (exact) mass is 422 g/mol. The van der Waals surface area contributed by atoms with Gasteiger partial charge in [-0.15, -0.1) is 0 Å². The first-order valence-electron chi connectivity index (χ1n) is 8.99. The van der Waals surface area contributed by atoms with Crippen LogP contribution in [0.5, 0.6) is 0 Å². The zero-order valence-electron chi connectivity index (χ0n) is 16.6. The van der Waals surface area contributed by atoms with Gasteiger partial charge in [0.15, 0.2) is 6.10 Å². The second-order valence-corrected chi connectivity index (χ2v) is 6.56. The first kappa shape index (κ1) is 22.8. The molecule has 0 saturated carbocycles. The molecule has 1 fully saturated rings. The molecule has 1 N–H and O–H groups in total. The van der Waals surface area contributed by atoms with E-state index < -0.39 is 41.3 Å². The minimum Gasteiger partial charge on any atom is -0.481 e. The molecule has 1 aromatic heterocycles. The number of hydrogen-bond acceptors (Lipinski definition) is 8. The Balaban J connectivity index is 0.000000735. The van der Waals surface area contributed by atoms with Gasteiger partial charge in [-0.05, 0) is 12.1 Å². The maximum atomic E-state index is 11.4. The highest BCUT2D eigenvalue weighted by atomic mass is 16.6. The van der Waals surface area contributed by atoms with E-state index in [4.69, 9.17) is 24.1 Å². The van der Waals surface area contributed by atoms with Crippen molar-refractivity contribution in [1.82, 2.24) is 4.57 Å². The molecule has 30 heavy (non-hydrogen) atoms. The Labute approximate surface area is 171 Å². The van der Waals surface area contributed by atoms with Crippen LogP contribution in [-0.2, 0) is 28.6 Å². The molecule has 1 aromatic carbocycles. The first-order valence-corrected chi connectivity index (χ1v) is 8.99. The summed E-state index contributed by atoms with van der Waals surface area (Å²) in [6, 6.07) is 6.31. The Kier molecular flexibility index (Phi) is 7.48. The molecule has 0 spiro atoms. The summed E-state index contributed by atoms with van der Waals surface area (Å²) >= 11 is 0. The van der Waals surface area contributed by atoms with Gasteiger partial charge in [-0.2, -0.15) is 0 Å². The van der Waals surface area contributed by atoms with Crippen LogP contribution in [0, 0.1) is 10.1 Å². The van der Waals surface area contributed by atoms with Crippen molar-refractivity contribution in [2.45, 2.75) is 45.6 Å². The number of carbonyl (C=O) groups is 3. The number of carbonyl (C=O) groups excluding carboxylic acids is 2. The van der Waals surface area contributed by atoms with Crippen LogP contribution < -0.4 is 0 Å². The molecule has 3 unspecified atom stereocenters. The lowest BCUT2D eigenvalue weighted by atomic mass is 10.1. The van der Waals surface area contributed by atoms with Crippen LogP contribution in [0.4, 0.5) is 5.69 Å². The summed E-state index contributed by atoms with van der Waals surface area (Å²) in [5.74, 6) is -1.78. The summed E-state index contributed by atoms with van der Waals surface area (Å²) in [5, 5.41) is 19.0. The van der Waals surface area contributed by atoms with Gasteiger partial charge in [0.2, 0.25) is 0 Å². The molecule has 11 nitrogen and oxygen atoms in total. The van der Waals surface area contributed by atoms with Crippen LogP contribution in [0.3, 0.4) is 0 Å². The number of non-ortho nitro benzene ring substituents is 1. The third-order valence-electron chi connectivity index (χ3n) is 4.16. The molecule has 162 valence electrons. The minimum absolute atomic E-state index is 0.00697. The van der Waals surface area contributed by atoms with Gasteiger partial charge in [0.1, 0.15) is 12.3 Å². The van der Waals surface area contributed by atoms with Crippen LogP contribution >= 0.6 is 0 Å². The largest absolute Gasteiger partial charge is 0.481 e. The average Bonchev–Trinajstić information content (AvgIpc) is 3.05. The van der Waals surface area contributed by atoms with E-state index in [9.17, 15) is 19.7 Å². The lowest BCUT2D eigenvalue weighted by Gasteiger charge is -2.35. The lowest BCUT2D eigenvalue weighted by molar-refractivity contribution is -0.384. The Morgan fingerprint density at radius 1 is 1.13 bits per heavy atom. The zero-order valence-corrected chi connectivity index (χ0v) is 16.6. The van der Waals surface area contributed by atoms with E-state index >= 15 is 0 Å². The molecule has 0 radical (unpaired) electrons. The fourth-order valence-corrected chi connectivity index (χ4v) is 3.10. The van der Waals surface area contributed by atoms with Crippen LogP contribution in [0.15, 0.2) is 30.5 Å². The van der Waals surface area contributed by atoms with E-state index in [1.807, 2.05) is 4.57 Å². The van der Waals surface area contributed by atoms with Crippen molar-refractivity contribution < 1.29 is 38.6 Å². The Hall–Kier alpha value is -3.47. The van der Waals surface area contributed by atoms with Gasteiger partial charge in [0.25, 0.3) is 11.7 Å². The molecule has 0 amide bonds. The molecule has 1 aliphatic heterocycles. The summed E-state index contributed by atoms with van der Waals surface area (Å²) in [6.07, 6.45) is 0.292. The molecule has 0 aliphatic carbocycles. The Bertz CT molecular complexity index is 949. The number of nitrogens with zero attached hydrogens (tertiary/aromatic N) is 2. The van der Waals surface area contributed by atoms with Crippen LogP contribution in [0.1, 0.15) is 33.4 Å². The van der Waals surface area contributed by atoms with E-state index in [2.05, 4.69) is 0 Å². The van der Waals surface area contributed by atoms with E-state index in [0.29, 0.717) is 5.39 Å². The number of aromatic nitrogens is 1. The van der Waals surface area contributed by atoms with Crippen LogP contribution in [-0.4, -0.2) is 51.3 Å². The molecule has 1 aliphatic rings. The number of carboxylic acids is 1. The summed E-state index contributed by atoms with van der Waals surface area (Å²) < 4.78 is 18.1. The predicted molar refractivity (Wildman–Crippen MR) is 103 cm³/mol. The molecule has 2 aromatic rings. The van der Waals surface area contributed by atoms with Crippen molar-refractivity contribution in [3.05, 3.63) is 40.6 Å². The lowest BCUT2D eigenvalue weighted by Crippen LogP contribution is -2.44. The third-order valence-corrected chi connectivity index (χ3v) is 4.16. The van der Waals surface area contributed by atoms with Crippen molar-refractivity contribution in [3.8, 4) is 0 Å². The number of nitro groups is 1.